The van der Waals surface area contributed by atoms with Crippen molar-refractivity contribution in [1.82, 2.24) is 20.4 Å². The lowest BCUT2D eigenvalue weighted by atomic mass is 9.86. The first-order valence-corrected chi connectivity index (χ1v) is 10.1. The molecule has 3 N–H and O–H groups in total. The summed E-state index contributed by atoms with van der Waals surface area (Å²) >= 11 is 0. The van der Waals surface area contributed by atoms with E-state index in [0.717, 1.165) is 0 Å². The van der Waals surface area contributed by atoms with Crippen molar-refractivity contribution in [3.8, 4) is 0 Å². The van der Waals surface area contributed by atoms with E-state index in [-0.39, 0.29) is 18.1 Å². The van der Waals surface area contributed by atoms with E-state index in [2.05, 4.69) is 15.7 Å². The predicted octanol–water partition coefficient (Wildman–Crippen LogP) is 2.57. The molecule has 168 valence electrons. The second-order valence-corrected chi connectivity index (χ2v) is 8.50. The highest BCUT2D eigenvalue weighted by atomic mass is 19.1. The van der Waals surface area contributed by atoms with Gasteiger partial charge in [0.15, 0.2) is 5.69 Å². The van der Waals surface area contributed by atoms with Gasteiger partial charge in [0.25, 0.3) is 5.91 Å². The third-order valence-electron chi connectivity index (χ3n) is 4.97. The van der Waals surface area contributed by atoms with Crippen molar-refractivity contribution in [3.63, 3.8) is 0 Å². The van der Waals surface area contributed by atoms with Crippen LogP contribution in [0.2, 0.25) is 0 Å². The van der Waals surface area contributed by atoms with Crippen LogP contribution in [0.4, 0.5) is 4.39 Å². The SMILES string of the molecule is CC(C)(C)[C@H](NC(=O)c1nn(Cc2ccccc2F)c2ccccc12)C(=O)NCC(=O)O. The van der Waals surface area contributed by atoms with E-state index in [0.29, 0.717) is 16.5 Å². The summed E-state index contributed by atoms with van der Waals surface area (Å²) in [6.07, 6.45) is 0. The molecule has 0 bridgehead atoms. The van der Waals surface area contributed by atoms with Gasteiger partial charge in [-0.2, -0.15) is 5.10 Å². The molecule has 0 unspecified atom stereocenters. The Hall–Kier alpha value is -3.75. The maximum absolute atomic E-state index is 14.2. The molecule has 1 heterocycles. The molecule has 0 aliphatic heterocycles. The molecule has 0 saturated heterocycles. The first kappa shape index (κ1) is 22.9. The van der Waals surface area contributed by atoms with Crippen LogP contribution >= 0.6 is 0 Å². The summed E-state index contributed by atoms with van der Waals surface area (Å²) < 4.78 is 15.7. The van der Waals surface area contributed by atoms with Gasteiger partial charge in [0.1, 0.15) is 18.4 Å². The van der Waals surface area contributed by atoms with Crippen molar-refractivity contribution in [2.75, 3.05) is 6.54 Å². The number of hydrogen-bond donors (Lipinski definition) is 3. The van der Waals surface area contributed by atoms with Crippen LogP contribution in [0, 0.1) is 11.2 Å². The zero-order chi connectivity index (χ0) is 23.5. The highest BCUT2D eigenvalue weighted by Crippen LogP contribution is 2.23. The quantitative estimate of drug-likeness (QED) is 0.523. The Morgan fingerprint density at radius 1 is 1.09 bits per heavy atom. The standard InChI is InChI=1S/C23H25FN4O4/c1-23(2,3)20(22(32)25-12-18(29)30)26-21(31)19-15-9-5-7-11-17(15)28(27-19)13-14-8-4-6-10-16(14)24/h4-11,20H,12-13H2,1-3H3,(H,25,32)(H,26,31)(H,29,30)/t20-/m1/s1. The second kappa shape index (κ2) is 9.17. The van der Waals surface area contributed by atoms with Crippen LogP contribution in [0.15, 0.2) is 48.5 Å². The summed E-state index contributed by atoms with van der Waals surface area (Å²) in [6, 6.07) is 12.4. The molecule has 0 spiro atoms. The molecule has 3 rings (SSSR count). The van der Waals surface area contributed by atoms with Crippen LogP contribution in [0.25, 0.3) is 10.9 Å². The van der Waals surface area contributed by atoms with E-state index >= 15 is 0 Å². The highest BCUT2D eigenvalue weighted by molar-refractivity contribution is 6.06. The Kier molecular flexibility index (Phi) is 6.57. The number of rotatable bonds is 7. The number of nitrogens with one attached hydrogen (secondary N) is 2. The Morgan fingerprint density at radius 3 is 2.41 bits per heavy atom. The zero-order valence-electron chi connectivity index (χ0n) is 18.1. The number of para-hydroxylation sites is 1. The summed E-state index contributed by atoms with van der Waals surface area (Å²) in [7, 11) is 0. The van der Waals surface area contributed by atoms with Crippen LogP contribution in [0.1, 0.15) is 36.8 Å². The fourth-order valence-electron chi connectivity index (χ4n) is 3.34. The fourth-order valence-corrected chi connectivity index (χ4v) is 3.34. The van der Waals surface area contributed by atoms with Crippen LogP contribution in [0.5, 0.6) is 0 Å². The molecule has 3 aromatic rings. The first-order chi connectivity index (χ1) is 15.1. The molecule has 1 atom stereocenters. The third kappa shape index (κ3) is 5.11. The second-order valence-electron chi connectivity index (χ2n) is 8.50. The van der Waals surface area contributed by atoms with Crippen molar-refractivity contribution in [2.24, 2.45) is 5.41 Å². The minimum Gasteiger partial charge on any atom is -0.480 e. The van der Waals surface area contributed by atoms with Crippen molar-refractivity contribution < 1.29 is 23.9 Å². The van der Waals surface area contributed by atoms with E-state index < -0.39 is 35.8 Å². The average Bonchev–Trinajstić information content (AvgIpc) is 3.09. The number of hydrogen-bond acceptors (Lipinski definition) is 4. The van der Waals surface area contributed by atoms with Gasteiger partial charge in [-0.15, -0.1) is 0 Å². The predicted molar refractivity (Wildman–Crippen MR) is 117 cm³/mol. The van der Waals surface area contributed by atoms with Crippen LogP contribution in [0.3, 0.4) is 0 Å². The number of nitrogens with zero attached hydrogens (tertiary/aromatic N) is 2. The molecule has 8 nitrogen and oxygen atoms in total. The van der Waals surface area contributed by atoms with E-state index in [4.69, 9.17) is 5.11 Å². The molecule has 0 saturated carbocycles. The number of benzene rings is 2. The number of carbonyl (C=O) groups excluding carboxylic acids is 2. The lowest BCUT2D eigenvalue weighted by Gasteiger charge is -2.30. The van der Waals surface area contributed by atoms with Gasteiger partial charge >= 0.3 is 5.97 Å². The molecule has 0 aliphatic carbocycles. The average molecular weight is 440 g/mol. The van der Waals surface area contributed by atoms with Crippen LogP contribution in [-0.4, -0.2) is 45.3 Å². The van der Waals surface area contributed by atoms with Crippen molar-refractivity contribution >= 4 is 28.7 Å². The summed E-state index contributed by atoms with van der Waals surface area (Å²) in [4.78, 5) is 36.5. The van der Waals surface area contributed by atoms with Gasteiger partial charge in [-0.25, -0.2) is 4.39 Å². The van der Waals surface area contributed by atoms with Gasteiger partial charge in [-0.05, 0) is 17.5 Å². The van der Waals surface area contributed by atoms with E-state index in [9.17, 15) is 18.8 Å². The summed E-state index contributed by atoms with van der Waals surface area (Å²) in [5.74, 6) is -2.75. The summed E-state index contributed by atoms with van der Waals surface area (Å²) in [6.45, 7) is 4.84. The number of fused-ring (bicyclic) bond motifs is 1. The number of aromatic nitrogens is 2. The largest absolute Gasteiger partial charge is 0.480 e. The zero-order valence-corrected chi connectivity index (χ0v) is 18.1. The van der Waals surface area contributed by atoms with Gasteiger partial charge in [-0.1, -0.05) is 57.2 Å². The van der Waals surface area contributed by atoms with Crippen LogP contribution in [-0.2, 0) is 16.1 Å². The fraction of sp³-hybridized carbons (Fsp3) is 0.304. The van der Waals surface area contributed by atoms with Gasteiger partial charge in [0.05, 0.1) is 12.1 Å². The Balaban J connectivity index is 1.92. The highest BCUT2D eigenvalue weighted by Gasteiger charge is 2.34. The molecule has 0 fully saturated rings. The van der Waals surface area contributed by atoms with Gasteiger partial charge in [0, 0.05) is 10.9 Å². The normalized spacial score (nSPS) is 12.4. The lowest BCUT2D eigenvalue weighted by molar-refractivity contribution is -0.138. The molecule has 2 amide bonds. The van der Waals surface area contributed by atoms with Crippen molar-refractivity contribution in [2.45, 2.75) is 33.4 Å². The monoisotopic (exact) mass is 440 g/mol. The maximum atomic E-state index is 14.2. The smallest absolute Gasteiger partial charge is 0.322 e. The molecule has 2 aromatic carbocycles. The van der Waals surface area contributed by atoms with Gasteiger partial charge in [0.2, 0.25) is 5.91 Å². The van der Waals surface area contributed by atoms with E-state index in [1.54, 1.807) is 67.9 Å². The minimum absolute atomic E-state index is 0.0947. The van der Waals surface area contributed by atoms with Gasteiger partial charge in [-0.3, -0.25) is 19.1 Å². The molecular weight excluding hydrogens is 415 g/mol. The Bertz CT molecular complexity index is 1170. The summed E-state index contributed by atoms with van der Waals surface area (Å²) in [5.41, 5.74) is 0.471. The molecule has 0 aliphatic rings. The topological polar surface area (TPSA) is 113 Å². The van der Waals surface area contributed by atoms with E-state index in [1.165, 1.54) is 6.07 Å². The molecular formula is C23H25FN4O4. The summed E-state index contributed by atoms with van der Waals surface area (Å²) in [5, 5.41) is 18.8. The van der Waals surface area contributed by atoms with Crippen molar-refractivity contribution in [3.05, 3.63) is 65.6 Å². The Morgan fingerprint density at radius 2 is 1.75 bits per heavy atom. The number of carboxylic acids is 1. The molecule has 0 radical (unpaired) electrons. The Labute approximate surface area is 184 Å². The number of halogens is 1. The number of aliphatic carboxylic acids is 1. The molecule has 1 aromatic heterocycles. The minimum atomic E-state index is -1.18. The number of amides is 2. The molecule has 9 heteroatoms. The van der Waals surface area contributed by atoms with Gasteiger partial charge < -0.3 is 15.7 Å². The van der Waals surface area contributed by atoms with E-state index in [1.807, 2.05) is 0 Å². The van der Waals surface area contributed by atoms with Crippen LogP contribution < -0.4 is 10.6 Å². The van der Waals surface area contributed by atoms with Crippen molar-refractivity contribution in [1.29, 1.82) is 0 Å². The maximum Gasteiger partial charge on any atom is 0.322 e. The number of carbonyl (C=O) groups is 3. The third-order valence-corrected chi connectivity index (χ3v) is 4.97. The lowest BCUT2D eigenvalue weighted by Crippen LogP contribution is -2.54. The molecule has 32 heavy (non-hydrogen) atoms. The first-order valence-electron chi connectivity index (χ1n) is 10.1. The number of carboxylic acid groups (broad SMARTS) is 1.